The average Bonchev–Trinajstić information content (AvgIpc) is 2.71. The molecule has 0 unspecified atom stereocenters. The fourth-order valence-corrected chi connectivity index (χ4v) is 2.77. The van der Waals surface area contributed by atoms with Gasteiger partial charge in [0.15, 0.2) is 0 Å². The minimum atomic E-state index is 0.592. The Hall–Kier alpha value is -0.870. The Morgan fingerprint density at radius 3 is 2.63 bits per heavy atom. The fraction of sp³-hybridized carbons (Fsp3) is 0.800. The second-order valence-electron chi connectivity index (χ2n) is 6.10. The smallest absolute Gasteiger partial charge is 0.0537 e. The number of aromatic nitrogens is 2. The molecule has 0 saturated carbocycles. The Morgan fingerprint density at radius 1 is 1.42 bits per heavy atom. The third-order valence-corrected chi connectivity index (χ3v) is 4.39. The van der Waals surface area contributed by atoms with Crippen molar-refractivity contribution >= 4 is 0 Å². The lowest BCUT2D eigenvalue weighted by Crippen LogP contribution is -2.39. The quantitative estimate of drug-likeness (QED) is 0.882. The first-order chi connectivity index (χ1) is 9.08. The molecule has 0 amide bonds. The molecule has 1 aromatic heterocycles. The van der Waals surface area contributed by atoms with Crippen LogP contribution in [0.3, 0.4) is 0 Å². The van der Waals surface area contributed by atoms with E-state index in [2.05, 4.69) is 36.1 Å². The maximum Gasteiger partial charge on any atom is 0.0537 e. The van der Waals surface area contributed by atoms with E-state index in [4.69, 9.17) is 0 Å². The van der Waals surface area contributed by atoms with Crippen LogP contribution in [0.5, 0.6) is 0 Å². The van der Waals surface area contributed by atoms with Crippen molar-refractivity contribution in [2.75, 3.05) is 19.6 Å². The van der Waals surface area contributed by atoms with Crippen LogP contribution in [-0.4, -0.2) is 40.4 Å². The number of rotatable bonds is 5. The van der Waals surface area contributed by atoms with E-state index in [1.807, 2.05) is 17.9 Å². The molecule has 0 atom stereocenters. The summed E-state index contributed by atoms with van der Waals surface area (Å²) < 4.78 is 1.97. The van der Waals surface area contributed by atoms with Crippen molar-refractivity contribution in [3.05, 3.63) is 17.5 Å². The monoisotopic (exact) mass is 264 g/mol. The van der Waals surface area contributed by atoms with Crippen molar-refractivity contribution in [3.63, 3.8) is 0 Å². The highest BCUT2D eigenvalue weighted by Crippen LogP contribution is 2.18. The van der Waals surface area contributed by atoms with Gasteiger partial charge in [0.1, 0.15) is 0 Å². The van der Waals surface area contributed by atoms with Crippen molar-refractivity contribution in [2.45, 2.75) is 46.2 Å². The summed E-state index contributed by atoms with van der Waals surface area (Å²) >= 11 is 0. The van der Waals surface area contributed by atoms with Gasteiger partial charge in [0, 0.05) is 37.4 Å². The predicted octanol–water partition coefficient (Wildman–Crippen LogP) is 1.94. The molecule has 2 rings (SSSR count). The highest BCUT2D eigenvalue weighted by molar-refractivity contribution is 5.15. The maximum absolute atomic E-state index is 4.36. The molecule has 4 nitrogen and oxygen atoms in total. The van der Waals surface area contributed by atoms with Crippen LogP contribution >= 0.6 is 0 Å². The van der Waals surface area contributed by atoms with E-state index < -0.39 is 0 Å². The number of hydrogen-bond acceptors (Lipinski definition) is 3. The lowest BCUT2D eigenvalue weighted by molar-refractivity contribution is 0.161. The minimum Gasteiger partial charge on any atom is -0.317 e. The first-order valence-electron chi connectivity index (χ1n) is 7.50. The standard InChI is InChI=1S/C15H28N4/c1-12(2)19(10-14-5-7-16-8-6-14)11-15-9-17-18(4)13(15)3/h9,12,14,16H,5-8,10-11H2,1-4H3. The summed E-state index contributed by atoms with van der Waals surface area (Å²) in [7, 11) is 2.02. The summed E-state index contributed by atoms with van der Waals surface area (Å²) in [4.78, 5) is 2.60. The van der Waals surface area contributed by atoms with Crippen LogP contribution in [0, 0.1) is 12.8 Å². The van der Waals surface area contributed by atoms with Gasteiger partial charge in [0.05, 0.1) is 6.20 Å². The first kappa shape index (κ1) is 14.5. The normalized spacial score (nSPS) is 17.6. The van der Waals surface area contributed by atoms with Gasteiger partial charge in [-0.2, -0.15) is 5.10 Å². The zero-order valence-electron chi connectivity index (χ0n) is 12.8. The summed E-state index contributed by atoms with van der Waals surface area (Å²) in [6, 6.07) is 0.592. The molecule has 0 bridgehead atoms. The van der Waals surface area contributed by atoms with Gasteiger partial charge in [0.2, 0.25) is 0 Å². The third-order valence-electron chi connectivity index (χ3n) is 4.39. The molecule has 1 aliphatic rings. The molecule has 108 valence electrons. The van der Waals surface area contributed by atoms with Crippen LogP contribution in [0.15, 0.2) is 6.20 Å². The van der Waals surface area contributed by atoms with Crippen LogP contribution in [0.1, 0.15) is 37.9 Å². The molecule has 1 aromatic rings. The maximum atomic E-state index is 4.36. The zero-order chi connectivity index (χ0) is 13.8. The summed E-state index contributed by atoms with van der Waals surface area (Å²) in [5, 5.41) is 7.80. The highest BCUT2D eigenvalue weighted by atomic mass is 15.3. The number of nitrogens with one attached hydrogen (secondary N) is 1. The Bertz CT molecular complexity index is 391. The van der Waals surface area contributed by atoms with Gasteiger partial charge >= 0.3 is 0 Å². The summed E-state index contributed by atoms with van der Waals surface area (Å²) in [6.45, 7) is 11.4. The van der Waals surface area contributed by atoms with Gasteiger partial charge in [0.25, 0.3) is 0 Å². The predicted molar refractivity (Wildman–Crippen MR) is 79.1 cm³/mol. The molecule has 1 fully saturated rings. The molecule has 1 saturated heterocycles. The van der Waals surface area contributed by atoms with Crippen LogP contribution in [0.25, 0.3) is 0 Å². The molecule has 1 N–H and O–H groups in total. The molecular formula is C15H28N4. The van der Waals surface area contributed by atoms with E-state index in [9.17, 15) is 0 Å². The molecule has 19 heavy (non-hydrogen) atoms. The van der Waals surface area contributed by atoms with E-state index >= 15 is 0 Å². The van der Waals surface area contributed by atoms with Crippen LogP contribution in [-0.2, 0) is 13.6 Å². The van der Waals surface area contributed by atoms with E-state index in [-0.39, 0.29) is 0 Å². The Kier molecular flexibility index (Phi) is 4.99. The lowest BCUT2D eigenvalue weighted by Gasteiger charge is -2.32. The highest BCUT2D eigenvalue weighted by Gasteiger charge is 2.20. The number of nitrogens with zero attached hydrogens (tertiary/aromatic N) is 3. The Labute approximate surface area is 117 Å². The molecule has 1 aliphatic heterocycles. The molecule has 0 radical (unpaired) electrons. The van der Waals surface area contributed by atoms with Crippen molar-refractivity contribution < 1.29 is 0 Å². The number of aryl methyl sites for hydroxylation is 1. The van der Waals surface area contributed by atoms with Gasteiger partial charge in [-0.15, -0.1) is 0 Å². The summed E-state index contributed by atoms with van der Waals surface area (Å²) in [5.41, 5.74) is 2.65. The second kappa shape index (κ2) is 6.53. The molecule has 4 heteroatoms. The molecule has 0 aliphatic carbocycles. The molecule has 0 aromatic carbocycles. The van der Waals surface area contributed by atoms with Crippen molar-refractivity contribution in [1.82, 2.24) is 20.0 Å². The summed E-state index contributed by atoms with van der Waals surface area (Å²) in [6.07, 6.45) is 4.65. The zero-order valence-corrected chi connectivity index (χ0v) is 12.8. The van der Waals surface area contributed by atoms with Gasteiger partial charge in [-0.3, -0.25) is 9.58 Å². The third kappa shape index (κ3) is 3.80. The van der Waals surface area contributed by atoms with Crippen LogP contribution in [0.2, 0.25) is 0 Å². The van der Waals surface area contributed by atoms with Crippen LogP contribution in [0.4, 0.5) is 0 Å². The SMILES string of the molecule is Cc1c(CN(CC2CCNCC2)C(C)C)cnn1C. The van der Waals surface area contributed by atoms with E-state index in [0.717, 1.165) is 12.5 Å². The van der Waals surface area contributed by atoms with E-state index in [1.54, 1.807) is 0 Å². The van der Waals surface area contributed by atoms with Crippen molar-refractivity contribution in [1.29, 1.82) is 0 Å². The van der Waals surface area contributed by atoms with E-state index in [0.29, 0.717) is 6.04 Å². The molecule has 2 heterocycles. The molecule has 0 spiro atoms. The van der Waals surface area contributed by atoms with Gasteiger partial charge in [-0.25, -0.2) is 0 Å². The van der Waals surface area contributed by atoms with Crippen molar-refractivity contribution in [3.8, 4) is 0 Å². The topological polar surface area (TPSA) is 33.1 Å². The minimum absolute atomic E-state index is 0.592. The Morgan fingerprint density at radius 2 is 2.11 bits per heavy atom. The average molecular weight is 264 g/mol. The lowest BCUT2D eigenvalue weighted by atomic mass is 9.97. The van der Waals surface area contributed by atoms with Gasteiger partial charge < -0.3 is 5.32 Å². The molecular weight excluding hydrogens is 236 g/mol. The van der Waals surface area contributed by atoms with Crippen molar-refractivity contribution in [2.24, 2.45) is 13.0 Å². The van der Waals surface area contributed by atoms with E-state index in [1.165, 1.54) is 43.7 Å². The summed E-state index contributed by atoms with van der Waals surface area (Å²) in [5.74, 6) is 0.848. The fourth-order valence-electron chi connectivity index (χ4n) is 2.77. The second-order valence-corrected chi connectivity index (χ2v) is 6.10. The van der Waals surface area contributed by atoms with Gasteiger partial charge in [-0.05, 0) is 52.6 Å². The number of piperidine rings is 1. The number of hydrogen-bond donors (Lipinski definition) is 1. The Balaban J connectivity index is 1.97. The van der Waals surface area contributed by atoms with Gasteiger partial charge in [-0.1, -0.05) is 0 Å². The van der Waals surface area contributed by atoms with Crippen LogP contribution < -0.4 is 5.32 Å². The largest absolute Gasteiger partial charge is 0.317 e. The first-order valence-corrected chi connectivity index (χ1v) is 7.50.